The molecule has 0 fully saturated rings. The van der Waals surface area contributed by atoms with Gasteiger partial charge < -0.3 is 5.32 Å². The standard InChI is InChI=1S/C16H15ClF2N2O2/c1-16(2,12-7-6-10(18)8-13(12)17)20-9-11-14(19)4-3-5-15(11)21(22)23/h3-8,20H,9H2,1-2H3. The molecule has 7 heteroatoms. The molecule has 0 saturated heterocycles. The molecule has 0 spiro atoms. The second kappa shape index (κ2) is 6.60. The van der Waals surface area contributed by atoms with Gasteiger partial charge in [0.05, 0.1) is 10.5 Å². The number of nitro benzene ring substituents is 1. The average molecular weight is 341 g/mol. The fourth-order valence-corrected chi connectivity index (χ4v) is 2.70. The maximum Gasteiger partial charge on any atom is 0.276 e. The molecular formula is C16H15ClF2N2O2. The van der Waals surface area contributed by atoms with Crippen molar-refractivity contribution in [3.63, 3.8) is 0 Å². The van der Waals surface area contributed by atoms with Crippen LogP contribution >= 0.6 is 11.6 Å². The summed E-state index contributed by atoms with van der Waals surface area (Å²) in [6.45, 7) is 3.49. The molecule has 0 heterocycles. The van der Waals surface area contributed by atoms with E-state index in [1.165, 1.54) is 36.4 Å². The summed E-state index contributed by atoms with van der Waals surface area (Å²) in [7, 11) is 0. The first kappa shape index (κ1) is 17.3. The molecule has 0 aliphatic rings. The topological polar surface area (TPSA) is 55.2 Å². The first-order valence-electron chi connectivity index (χ1n) is 6.84. The molecule has 2 aromatic rings. The van der Waals surface area contributed by atoms with Crippen molar-refractivity contribution in [2.45, 2.75) is 25.9 Å². The van der Waals surface area contributed by atoms with Gasteiger partial charge in [0.15, 0.2) is 0 Å². The zero-order valence-corrected chi connectivity index (χ0v) is 13.3. The summed E-state index contributed by atoms with van der Waals surface area (Å²) in [5.41, 5.74) is -0.456. The van der Waals surface area contributed by atoms with E-state index < -0.39 is 22.1 Å². The van der Waals surface area contributed by atoms with E-state index in [0.717, 1.165) is 0 Å². The van der Waals surface area contributed by atoms with Gasteiger partial charge in [-0.05, 0) is 37.6 Å². The van der Waals surface area contributed by atoms with Crippen molar-refractivity contribution in [1.82, 2.24) is 5.32 Å². The monoisotopic (exact) mass is 340 g/mol. The van der Waals surface area contributed by atoms with Crippen LogP contribution < -0.4 is 5.32 Å². The lowest BCUT2D eigenvalue weighted by atomic mass is 9.93. The molecule has 0 aliphatic carbocycles. The highest BCUT2D eigenvalue weighted by Gasteiger charge is 2.25. The lowest BCUT2D eigenvalue weighted by Crippen LogP contribution is -2.36. The molecule has 2 rings (SSSR count). The number of hydrogen-bond donors (Lipinski definition) is 1. The van der Waals surface area contributed by atoms with Crippen LogP contribution in [0, 0.1) is 21.7 Å². The Bertz CT molecular complexity index is 751. The summed E-state index contributed by atoms with van der Waals surface area (Å²) in [4.78, 5) is 10.4. The van der Waals surface area contributed by atoms with E-state index in [2.05, 4.69) is 5.32 Å². The van der Waals surface area contributed by atoms with Gasteiger partial charge in [-0.2, -0.15) is 0 Å². The van der Waals surface area contributed by atoms with E-state index in [4.69, 9.17) is 11.6 Å². The number of benzene rings is 2. The second-order valence-corrected chi connectivity index (χ2v) is 6.00. The predicted octanol–water partition coefficient (Wildman–Crippen LogP) is 4.55. The first-order chi connectivity index (χ1) is 10.7. The Balaban J connectivity index is 2.28. The van der Waals surface area contributed by atoms with Crippen molar-refractivity contribution < 1.29 is 13.7 Å². The van der Waals surface area contributed by atoms with Crippen LogP contribution in [0.15, 0.2) is 36.4 Å². The van der Waals surface area contributed by atoms with Crippen LogP contribution in [0.25, 0.3) is 0 Å². The van der Waals surface area contributed by atoms with Crippen molar-refractivity contribution in [3.05, 3.63) is 74.3 Å². The van der Waals surface area contributed by atoms with Crippen molar-refractivity contribution in [2.24, 2.45) is 0 Å². The number of halogens is 3. The Labute approximate surface area is 137 Å². The van der Waals surface area contributed by atoms with Crippen LogP contribution in [0.2, 0.25) is 5.02 Å². The molecule has 1 N–H and O–H groups in total. The molecule has 0 radical (unpaired) electrons. The molecule has 0 aromatic heterocycles. The normalized spacial score (nSPS) is 11.5. The molecular weight excluding hydrogens is 326 g/mol. The molecule has 0 aliphatic heterocycles. The van der Waals surface area contributed by atoms with Crippen LogP contribution in [0.3, 0.4) is 0 Å². The summed E-state index contributed by atoms with van der Waals surface area (Å²) in [6.07, 6.45) is 0. The van der Waals surface area contributed by atoms with Crippen molar-refractivity contribution in [3.8, 4) is 0 Å². The van der Waals surface area contributed by atoms with E-state index in [1.54, 1.807) is 13.8 Å². The van der Waals surface area contributed by atoms with E-state index in [-0.39, 0.29) is 22.8 Å². The van der Waals surface area contributed by atoms with Crippen LogP contribution in [0.1, 0.15) is 25.0 Å². The summed E-state index contributed by atoms with van der Waals surface area (Å²) < 4.78 is 27.1. The Morgan fingerprint density at radius 3 is 2.57 bits per heavy atom. The molecule has 0 unspecified atom stereocenters. The quantitative estimate of drug-likeness (QED) is 0.641. The van der Waals surface area contributed by atoms with Crippen LogP contribution in [0.4, 0.5) is 14.5 Å². The van der Waals surface area contributed by atoms with Gasteiger partial charge in [-0.3, -0.25) is 10.1 Å². The molecule has 23 heavy (non-hydrogen) atoms. The van der Waals surface area contributed by atoms with E-state index in [0.29, 0.717) is 5.56 Å². The third kappa shape index (κ3) is 3.83. The average Bonchev–Trinajstić information content (AvgIpc) is 2.45. The van der Waals surface area contributed by atoms with Crippen molar-refractivity contribution in [2.75, 3.05) is 0 Å². The lowest BCUT2D eigenvalue weighted by Gasteiger charge is -2.28. The summed E-state index contributed by atoms with van der Waals surface area (Å²) in [5.74, 6) is -1.12. The maximum absolute atomic E-state index is 13.9. The Morgan fingerprint density at radius 1 is 1.26 bits per heavy atom. The molecule has 0 saturated carbocycles. The Morgan fingerprint density at radius 2 is 1.96 bits per heavy atom. The minimum Gasteiger partial charge on any atom is -0.303 e. The number of nitro groups is 1. The van der Waals surface area contributed by atoms with Crippen LogP contribution in [0.5, 0.6) is 0 Å². The van der Waals surface area contributed by atoms with E-state index >= 15 is 0 Å². The number of nitrogens with one attached hydrogen (secondary N) is 1. The van der Waals surface area contributed by atoms with Gasteiger partial charge in [0.1, 0.15) is 11.6 Å². The predicted molar refractivity (Wildman–Crippen MR) is 84.3 cm³/mol. The molecule has 0 bridgehead atoms. The third-order valence-corrected chi connectivity index (χ3v) is 3.92. The molecule has 4 nitrogen and oxygen atoms in total. The molecule has 2 aromatic carbocycles. The minimum absolute atomic E-state index is 0.0381. The van der Waals surface area contributed by atoms with Crippen LogP contribution in [-0.2, 0) is 12.1 Å². The largest absolute Gasteiger partial charge is 0.303 e. The van der Waals surface area contributed by atoms with E-state index in [1.807, 2.05) is 0 Å². The van der Waals surface area contributed by atoms with Gasteiger partial charge in [0.2, 0.25) is 0 Å². The fourth-order valence-electron chi connectivity index (χ4n) is 2.29. The highest BCUT2D eigenvalue weighted by molar-refractivity contribution is 6.31. The van der Waals surface area contributed by atoms with Crippen molar-refractivity contribution >= 4 is 17.3 Å². The second-order valence-electron chi connectivity index (χ2n) is 5.60. The Hall–Kier alpha value is -2.05. The molecule has 0 atom stereocenters. The highest BCUT2D eigenvalue weighted by atomic mass is 35.5. The van der Waals surface area contributed by atoms with E-state index in [9.17, 15) is 18.9 Å². The summed E-state index contributed by atoms with van der Waals surface area (Å²) in [5, 5.41) is 14.3. The highest BCUT2D eigenvalue weighted by Crippen LogP contribution is 2.30. The summed E-state index contributed by atoms with van der Waals surface area (Å²) in [6, 6.07) is 7.70. The third-order valence-electron chi connectivity index (χ3n) is 3.60. The van der Waals surface area contributed by atoms with Gasteiger partial charge in [0, 0.05) is 23.2 Å². The first-order valence-corrected chi connectivity index (χ1v) is 7.22. The number of rotatable bonds is 5. The molecule has 122 valence electrons. The van der Waals surface area contributed by atoms with Gasteiger partial charge >= 0.3 is 0 Å². The smallest absolute Gasteiger partial charge is 0.276 e. The SMILES string of the molecule is CC(C)(NCc1c(F)cccc1[N+](=O)[O-])c1ccc(F)cc1Cl. The van der Waals surface area contributed by atoms with Crippen molar-refractivity contribution in [1.29, 1.82) is 0 Å². The lowest BCUT2D eigenvalue weighted by molar-refractivity contribution is -0.385. The summed E-state index contributed by atoms with van der Waals surface area (Å²) >= 11 is 6.05. The fraction of sp³-hybridized carbons (Fsp3) is 0.250. The molecule has 0 amide bonds. The Kier molecular flexibility index (Phi) is 4.97. The number of nitrogens with zero attached hydrogens (tertiary/aromatic N) is 1. The van der Waals surface area contributed by atoms with Gasteiger partial charge in [-0.15, -0.1) is 0 Å². The number of hydrogen-bond acceptors (Lipinski definition) is 3. The minimum atomic E-state index is -0.735. The zero-order chi connectivity index (χ0) is 17.2. The van der Waals surface area contributed by atoms with Gasteiger partial charge in [-0.25, -0.2) is 8.78 Å². The maximum atomic E-state index is 13.9. The zero-order valence-electron chi connectivity index (χ0n) is 12.6. The van der Waals surface area contributed by atoms with Crippen LogP contribution in [-0.4, -0.2) is 4.92 Å². The van der Waals surface area contributed by atoms with Gasteiger partial charge in [0.25, 0.3) is 5.69 Å². The van der Waals surface area contributed by atoms with Gasteiger partial charge in [-0.1, -0.05) is 23.7 Å².